The number of carbonyl (C=O) groups excluding carboxylic acids is 1. The summed E-state index contributed by atoms with van der Waals surface area (Å²) >= 11 is 0. The number of anilines is 1. The molecule has 0 aliphatic carbocycles. The summed E-state index contributed by atoms with van der Waals surface area (Å²) in [5, 5.41) is 2.76. The number of amides is 1. The summed E-state index contributed by atoms with van der Waals surface area (Å²) in [6, 6.07) is 13.4. The predicted molar refractivity (Wildman–Crippen MR) is 76.1 cm³/mol. The highest BCUT2D eigenvalue weighted by Gasteiger charge is 2.00. The minimum absolute atomic E-state index is 0.0292. The molecule has 0 aromatic heterocycles. The van der Waals surface area contributed by atoms with Crippen molar-refractivity contribution in [2.45, 2.75) is 20.0 Å². The summed E-state index contributed by atoms with van der Waals surface area (Å²) in [5.74, 6) is 0.367. The van der Waals surface area contributed by atoms with Gasteiger partial charge in [0.15, 0.2) is 0 Å². The van der Waals surface area contributed by atoms with Crippen molar-refractivity contribution in [2.75, 3.05) is 5.32 Å². The Morgan fingerprint density at radius 2 is 1.95 bits per heavy atom. The van der Waals surface area contributed by atoms with Crippen LogP contribution in [-0.4, -0.2) is 5.91 Å². The average molecular weight is 273 g/mol. The Morgan fingerprint density at radius 3 is 2.60 bits per heavy atom. The highest BCUT2D eigenvalue weighted by Crippen LogP contribution is 2.17. The number of benzene rings is 2. The Balaban J connectivity index is 1.92. The number of halogens is 1. The molecule has 2 aromatic rings. The van der Waals surface area contributed by atoms with Crippen LogP contribution in [0.5, 0.6) is 5.75 Å². The minimum Gasteiger partial charge on any atom is -0.489 e. The summed E-state index contributed by atoms with van der Waals surface area (Å²) in [7, 11) is 0. The van der Waals surface area contributed by atoms with Crippen molar-refractivity contribution in [3.8, 4) is 5.75 Å². The molecule has 1 amide bonds. The third-order valence-electron chi connectivity index (χ3n) is 2.75. The van der Waals surface area contributed by atoms with Crippen LogP contribution < -0.4 is 10.1 Å². The van der Waals surface area contributed by atoms with Crippen LogP contribution in [0.3, 0.4) is 0 Å². The summed E-state index contributed by atoms with van der Waals surface area (Å²) in [4.78, 5) is 11.2. The fourth-order valence-electron chi connectivity index (χ4n) is 1.68. The second kappa shape index (κ2) is 6.70. The molecule has 3 nitrogen and oxygen atoms in total. The maximum absolute atomic E-state index is 13.0. The lowest BCUT2D eigenvalue weighted by Gasteiger charge is -2.08. The van der Waals surface area contributed by atoms with Gasteiger partial charge in [-0.15, -0.1) is 0 Å². The van der Waals surface area contributed by atoms with Crippen molar-refractivity contribution in [3.05, 3.63) is 59.9 Å². The fraction of sp³-hybridized carbons (Fsp3) is 0.188. The molecule has 2 aromatic carbocycles. The van der Waals surface area contributed by atoms with Gasteiger partial charge in [0.25, 0.3) is 0 Å². The number of hydrogen-bond acceptors (Lipinski definition) is 2. The zero-order chi connectivity index (χ0) is 14.4. The topological polar surface area (TPSA) is 38.3 Å². The van der Waals surface area contributed by atoms with E-state index in [1.54, 1.807) is 43.3 Å². The Kier molecular flexibility index (Phi) is 4.71. The van der Waals surface area contributed by atoms with E-state index in [4.69, 9.17) is 4.74 Å². The number of ether oxygens (including phenoxy) is 1. The highest BCUT2D eigenvalue weighted by molar-refractivity contribution is 5.90. The third-order valence-corrected chi connectivity index (χ3v) is 2.75. The SMILES string of the molecule is CCC(=O)Nc1ccc(OCc2cccc(F)c2)cc1. The van der Waals surface area contributed by atoms with E-state index in [0.29, 0.717) is 18.8 Å². The van der Waals surface area contributed by atoms with E-state index in [1.807, 2.05) is 0 Å². The van der Waals surface area contributed by atoms with E-state index in [1.165, 1.54) is 12.1 Å². The van der Waals surface area contributed by atoms with Gasteiger partial charge < -0.3 is 10.1 Å². The second-order valence-electron chi connectivity index (χ2n) is 4.34. The molecular formula is C16H16FNO2. The molecule has 0 unspecified atom stereocenters. The van der Waals surface area contributed by atoms with Crippen LogP contribution >= 0.6 is 0 Å². The molecule has 0 aliphatic rings. The maximum Gasteiger partial charge on any atom is 0.224 e. The van der Waals surface area contributed by atoms with Gasteiger partial charge in [0.05, 0.1) is 0 Å². The van der Waals surface area contributed by atoms with E-state index < -0.39 is 0 Å². The minimum atomic E-state index is -0.274. The summed E-state index contributed by atoms with van der Waals surface area (Å²) in [6.07, 6.45) is 0.442. The third kappa shape index (κ3) is 4.09. The zero-order valence-corrected chi connectivity index (χ0v) is 11.2. The van der Waals surface area contributed by atoms with Gasteiger partial charge in [0, 0.05) is 12.1 Å². The largest absolute Gasteiger partial charge is 0.489 e. The Bertz CT molecular complexity index is 581. The first-order valence-electron chi connectivity index (χ1n) is 6.44. The first-order valence-corrected chi connectivity index (χ1v) is 6.44. The first kappa shape index (κ1) is 14.1. The van der Waals surface area contributed by atoms with Crippen molar-refractivity contribution in [1.29, 1.82) is 0 Å². The van der Waals surface area contributed by atoms with E-state index in [-0.39, 0.29) is 11.7 Å². The molecule has 0 bridgehead atoms. The number of nitrogens with one attached hydrogen (secondary N) is 1. The van der Waals surface area contributed by atoms with Crippen LogP contribution in [0.2, 0.25) is 0 Å². The lowest BCUT2D eigenvalue weighted by Crippen LogP contribution is -2.09. The van der Waals surface area contributed by atoms with Gasteiger partial charge in [-0.05, 0) is 42.0 Å². The molecule has 4 heteroatoms. The monoisotopic (exact) mass is 273 g/mol. The van der Waals surface area contributed by atoms with Gasteiger partial charge in [0.2, 0.25) is 5.91 Å². The van der Waals surface area contributed by atoms with Crippen LogP contribution in [0.1, 0.15) is 18.9 Å². The summed E-state index contributed by atoms with van der Waals surface area (Å²) < 4.78 is 18.6. The second-order valence-corrected chi connectivity index (χ2v) is 4.34. The zero-order valence-electron chi connectivity index (χ0n) is 11.2. The van der Waals surface area contributed by atoms with Crippen LogP contribution in [-0.2, 0) is 11.4 Å². The molecule has 0 aliphatic heterocycles. The molecule has 0 heterocycles. The summed E-state index contributed by atoms with van der Waals surface area (Å²) in [6.45, 7) is 2.10. The maximum atomic E-state index is 13.0. The normalized spacial score (nSPS) is 10.1. The molecule has 0 atom stereocenters. The van der Waals surface area contributed by atoms with Crippen LogP contribution in [0.25, 0.3) is 0 Å². The lowest BCUT2D eigenvalue weighted by molar-refractivity contribution is -0.115. The Labute approximate surface area is 117 Å². The van der Waals surface area contributed by atoms with Crippen LogP contribution in [0.15, 0.2) is 48.5 Å². The van der Waals surface area contributed by atoms with Crippen molar-refractivity contribution < 1.29 is 13.9 Å². The molecule has 0 fully saturated rings. The molecule has 0 saturated heterocycles. The molecule has 0 saturated carbocycles. The van der Waals surface area contributed by atoms with Gasteiger partial charge in [0.1, 0.15) is 18.2 Å². The molecule has 20 heavy (non-hydrogen) atoms. The summed E-state index contributed by atoms with van der Waals surface area (Å²) in [5.41, 5.74) is 1.50. The van der Waals surface area contributed by atoms with Crippen molar-refractivity contribution in [2.24, 2.45) is 0 Å². The number of hydrogen-bond donors (Lipinski definition) is 1. The van der Waals surface area contributed by atoms with Crippen molar-refractivity contribution in [3.63, 3.8) is 0 Å². The van der Waals surface area contributed by atoms with Gasteiger partial charge >= 0.3 is 0 Å². The van der Waals surface area contributed by atoms with Crippen molar-refractivity contribution >= 4 is 11.6 Å². The molecular weight excluding hydrogens is 257 g/mol. The quantitative estimate of drug-likeness (QED) is 0.901. The van der Waals surface area contributed by atoms with Crippen LogP contribution in [0, 0.1) is 5.82 Å². The van der Waals surface area contributed by atoms with Crippen LogP contribution in [0.4, 0.5) is 10.1 Å². The standard InChI is InChI=1S/C16H16FNO2/c1-2-16(19)18-14-6-8-15(9-7-14)20-11-12-4-3-5-13(17)10-12/h3-10H,2,11H2,1H3,(H,18,19). The number of carbonyl (C=O) groups is 1. The molecule has 0 spiro atoms. The van der Waals surface area contributed by atoms with Gasteiger partial charge in [-0.1, -0.05) is 19.1 Å². The van der Waals surface area contributed by atoms with Gasteiger partial charge in [-0.3, -0.25) is 4.79 Å². The first-order chi connectivity index (χ1) is 9.67. The lowest BCUT2D eigenvalue weighted by atomic mass is 10.2. The van der Waals surface area contributed by atoms with E-state index >= 15 is 0 Å². The average Bonchev–Trinajstić information content (AvgIpc) is 2.46. The van der Waals surface area contributed by atoms with E-state index in [0.717, 1.165) is 11.3 Å². The highest BCUT2D eigenvalue weighted by atomic mass is 19.1. The van der Waals surface area contributed by atoms with Crippen molar-refractivity contribution in [1.82, 2.24) is 0 Å². The number of rotatable bonds is 5. The fourth-order valence-corrected chi connectivity index (χ4v) is 1.68. The van der Waals surface area contributed by atoms with E-state index in [9.17, 15) is 9.18 Å². The Morgan fingerprint density at radius 1 is 1.20 bits per heavy atom. The smallest absolute Gasteiger partial charge is 0.224 e. The molecule has 0 radical (unpaired) electrons. The Hall–Kier alpha value is -2.36. The molecule has 1 N–H and O–H groups in total. The predicted octanol–water partition coefficient (Wildman–Crippen LogP) is 3.75. The van der Waals surface area contributed by atoms with Gasteiger partial charge in [-0.25, -0.2) is 4.39 Å². The molecule has 104 valence electrons. The van der Waals surface area contributed by atoms with Gasteiger partial charge in [-0.2, -0.15) is 0 Å². The molecule has 2 rings (SSSR count). The van der Waals surface area contributed by atoms with E-state index in [2.05, 4.69) is 5.32 Å².